The van der Waals surface area contributed by atoms with Crippen LogP contribution in [0.3, 0.4) is 0 Å². The van der Waals surface area contributed by atoms with E-state index in [9.17, 15) is 14.4 Å². The fourth-order valence-corrected chi connectivity index (χ4v) is 1.89. The van der Waals surface area contributed by atoms with E-state index in [1.165, 1.54) is 0 Å². The lowest BCUT2D eigenvalue weighted by Gasteiger charge is -2.17. The van der Waals surface area contributed by atoms with Gasteiger partial charge in [-0.05, 0) is 18.1 Å². The Balaban J connectivity index is 2.43. The van der Waals surface area contributed by atoms with Crippen molar-refractivity contribution in [2.24, 2.45) is 5.41 Å². The third kappa shape index (κ3) is 6.95. The van der Waals surface area contributed by atoms with Gasteiger partial charge in [-0.2, -0.15) is 0 Å². The number of rotatable bonds is 7. The Morgan fingerprint density at radius 3 is 2.39 bits per heavy atom. The van der Waals surface area contributed by atoms with E-state index in [2.05, 4.69) is 10.6 Å². The van der Waals surface area contributed by atoms with E-state index in [0.29, 0.717) is 24.2 Å². The molecule has 0 aromatic heterocycles. The van der Waals surface area contributed by atoms with Gasteiger partial charge in [0.25, 0.3) is 0 Å². The number of carbonyl (C=O) groups excluding carboxylic acids is 2. The molecule has 0 heterocycles. The van der Waals surface area contributed by atoms with Crippen LogP contribution in [-0.4, -0.2) is 29.4 Å². The summed E-state index contributed by atoms with van der Waals surface area (Å²) in [4.78, 5) is 34.4. The number of carbonyl (C=O) groups is 3. The van der Waals surface area contributed by atoms with E-state index in [0.717, 1.165) is 0 Å². The van der Waals surface area contributed by atoms with Crippen molar-refractivity contribution in [3.05, 3.63) is 29.8 Å². The van der Waals surface area contributed by atoms with Crippen molar-refractivity contribution in [1.82, 2.24) is 5.32 Å². The van der Waals surface area contributed by atoms with Gasteiger partial charge in [0.1, 0.15) is 0 Å². The highest BCUT2D eigenvalue weighted by Crippen LogP contribution is 2.16. The predicted molar refractivity (Wildman–Crippen MR) is 88.1 cm³/mol. The molecule has 0 atom stereocenters. The molecule has 126 valence electrons. The average Bonchev–Trinajstić information content (AvgIpc) is 2.44. The number of para-hydroxylation sites is 1. The number of amides is 2. The van der Waals surface area contributed by atoms with Gasteiger partial charge in [-0.1, -0.05) is 39.0 Å². The molecule has 0 radical (unpaired) electrons. The zero-order chi connectivity index (χ0) is 17.5. The van der Waals surface area contributed by atoms with Crippen LogP contribution in [0.2, 0.25) is 0 Å². The van der Waals surface area contributed by atoms with E-state index in [-0.39, 0.29) is 24.7 Å². The van der Waals surface area contributed by atoms with Crippen LogP contribution in [0.25, 0.3) is 0 Å². The van der Waals surface area contributed by atoms with Crippen molar-refractivity contribution in [2.75, 3.05) is 11.9 Å². The summed E-state index contributed by atoms with van der Waals surface area (Å²) >= 11 is 0. The second-order valence-electron chi connectivity index (χ2n) is 6.39. The van der Waals surface area contributed by atoms with Gasteiger partial charge < -0.3 is 15.7 Å². The SMILES string of the molecule is CC(C)(C)C(=O)NCCCC(=O)Nc1ccccc1CC(=O)O. The predicted octanol–water partition coefficient (Wildman–Crippen LogP) is 2.19. The molecule has 1 aromatic carbocycles. The maximum absolute atomic E-state index is 11.9. The standard InChI is InChI=1S/C17H24N2O4/c1-17(2,3)16(23)18-10-6-9-14(20)19-13-8-5-4-7-12(13)11-15(21)22/h4-5,7-8H,6,9-11H2,1-3H3,(H,18,23)(H,19,20)(H,21,22). The van der Waals surface area contributed by atoms with Crippen LogP contribution in [0.1, 0.15) is 39.2 Å². The molecule has 2 amide bonds. The number of carboxylic acid groups (broad SMARTS) is 1. The van der Waals surface area contributed by atoms with Crippen molar-refractivity contribution in [1.29, 1.82) is 0 Å². The molecule has 23 heavy (non-hydrogen) atoms. The molecule has 1 rings (SSSR count). The summed E-state index contributed by atoms with van der Waals surface area (Å²) in [5, 5.41) is 14.4. The lowest BCUT2D eigenvalue weighted by Crippen LogP contribution is -2.35. The molecule has 0 aliphatic heterocycles. The fourth-order valence-electron chi connectivity index (χ4n) is 1.89. The number of hydrogen-bond donors (Lipinski definition) is 3. The van der Waals surface area contributed by atoms with Gasteiger partial charge in [-0.25, -0.2) is 0 Å². The van der Waals surface area contributed by atoms with Gasteiger partial charge in [0.05, 0.1) is 6.42 Å². The largest absolute Gasteiger partial charge is 0.481 e. The highest BCUT2D eigenvalue weighted by molar-refractivity contribution is 5.92. The molecule has 0 saturated carbocycles. The third-order valence-electron chi connectivity index (χ3n) is 3.18. The number of benzene rings is 1. The Kier molecular flexibility index (Phi) is 6.75. The monoisotopic (exact) mass is 320 g/mol. The molecule has 0 unspecified atom stereocenters. The van der Waals surface area contributed by atoms with Crippen molar-refractivity contribution < 1.29 is 19.5 Å². The first-order valence-electron chi connectivity index (χ1n) is 7.58. The highest BCUT2D eigenvalue weighted by atomic mass is 16.4. The Morgan fingerprint density at radius 1 is 1.13 bits per heavy atom. The second kappa shape index (κ2) is 8.31. The Hall–Kier alpha value is -2.37. The molecule has 1 aromatic rings. The van der Waals surface area contributed by atoms with E-state index in [1.54, 1.807) is 24.3 Å². The van der Waals surface area contributed by atoms with Crippen LogP contribution in [0, 0.1) is 5.41 Å². The van der Waals surface area contributed by atoms with Crippen molar-refractivity contribution in [2.45, 2.75) is 40.0 Å². The van der Waals surface area contributed by atoms with Gasteiger partial charge in [0, 0.05) is 24.1 Å². The van der Waals surface area contributed by atoms with Crippen LogP contribution in [-0.2, 0) is 20.8 Å². The molecule has 0 fully saturated rings. The molecule has 0 aliphatic carbocycles. The van der Waals surface area contributed by atoms with Crippen LogP contribution in [0.4, 0.5) is 5.69 Å². The molecular weight excluding hydrogens is 296 g/mol. The number of hydrogen-bond acceptors (Lipinski definition) is 3. The average molecular weight is 320 g/mol. The molecule has 0 bridgehead atoms. The van der Waals surface area contributed by atoms with Crippen LogP contribution < -0.4 is 10.6 Å². The first-order valence-corrected chi connectivity index (χ1v) is 7.58. The zero-order valence-electron chi connectivity index (χ0n) is 13.8. The van der Waals surface area contributed by atoms with Crippen LogP contribution in [0.15, 0.2) is 24.3 Å². The van der Waals surface area contributed by atoms with E-state index < -0.39 is 11.4 Å². The van der Waals surface area contributed by atoms with Gasteiger partial charge in [0.15, 0.2) is 0 Å². The first-order chi connectivity index (χ1) is 10.7. The summed E-state index contributed by atoms with van der Waals surface area (Å²) in [5.41, 5.74) is 0.630. The molecule has 6 heteroatoms. The minimum absolute atomic E-state index is 0.0512. The minimum Gasteiger partial charge on any atom is -0.481 e. The van der Waals surface area contributed by atoms with Crippen molar-refractivity contribution in [3.63, 3.8) is 0 Å². The highest BCUT2D eigenvalue weighted by Gasteiger charge is 2.20. The number of carboxylic acids is 1. The lowest BCUT2D eigenvalue weighted by molar-refractivity contribution is -0.136. The second-order valence-corrected chi connectivity index (χ2v) is 6.39. The van der Waals surface area contributed by atoms with E-state index in [4.69, 9.17) is 5.11 Å². The van der Waals surface area contributed by atoms with E-state index in [1.807, 2.05) is 20.8 Å². The summed E-state index contributed by atoms with van der Waals surface area (Å²) in [6.45, 7) is 5.91. The number of anilines is 1. The topological polar surface area (TPSA) is 95.5 Å². The van der Waals surface area contributed by atoms with Crippen molar-refractivity contribution in [3.8, 4) is 0 Å². The lowest BCUT2D eigenvalue weighted by atomic mass is 9.96. The molecule has 0 saturated heterocycles. The molecule has 0 spiro atoms. The summed E-state index contributed by atoms with van der Waals surface area (Å²) in [6.07, 6.45) is 0.638. The van der Waals surface area contributed by atoms with Crippen molar-refractivity contribution >= 4 is 23.5 Å². The maximum atomic E-state index is 11.9. The summed E-state index contributed by atoms with van der Waals surface area (Å²) < 4.78 is 0. The van der Waals surface area contributed by atoms with Crippen LogP contribution >= 0.6 is 0 Å². The summed E-state index contributed by atoms with van der Waals surface area (Å²) in [6, 6.07) is 6.82. The summed E-state index contributed by atoms with van der Waals surface area (Å²) in [5.74, 6) is -1.20. The zero-order valence-corrected chi connectivity index (χ0v) is 13.8. The normalized spacial score (nSPS) is 10.9. The van der Waals surface area contributed by atoms with Gasteiger partial charge in [0.2, 0.25) is 11.8 Å². The minimum atomic E-state index is -0.948. The maximum Gasteiger partial charge on any atom is 0.307 e. The van der Waals surface area contributed by atoms with E-state index >= 15 is 0 Å². The Bertz CT molecular complexity index is 576. The van der Waals surface area contributed by atoms with Gasteiger partial charge in [-0.15, -0.1) is 0 Å². The quantitative estimate of drug-likeness (QED) is 0.671. The molecule has 3 N–H and O–H groups in total. The van der Waals surface area contributed by atoms with Gasteiger partial charge in [-0.3, -0.25) is 14.4 Å². The van der Waals surface area contributed by atoms with Gasteiger partial charge >= 0.3 is 5.97 Å². The number of aliphatic carboxylic acids is 1. The summed E-state index contributed by atoms with van der Waals surface area (Å²) in [7, 11) is 0. The number of nitrogens with one attached hydrogen (secondary N) is 2. The first kappa shape index (κ1) is 18.7. The fraction of sp³-hybridized carbons (Fsp3) is 0.471. The van der Waals surface area contributed by atoms with Crippen LogP contribution in [0.5, 0.6) is 0 Å². The Morgan fingerprint density at radius 2 is 1.78 bits per heavy atom. The molecule has 6 nitrogen and oxygen atoms in total. The third-order valence-corrected chi connectivity index (χ3v) is 3.18. The molecular formula is C17H24N2O4. The molecule has 0 aliphatic rings. The smallest absolute Gasteiger partial charge is 0.307 e. The Labute approximate surface area is 136 Å².